The maximum absolute atomic E-state index is 13.8. The number of aldehydes is 1. The van der Waals surface area contributed by atoms with Crippen molar-refractivity contribution in [3.8, 4) is 0 Å². The molecule has 22 nitrogen and oxygen atoms in total. The van der Waals surface area contributed by atoms with Crippen LogP contribution in [0.15, 0.2) is 23.8 Å². The largest absolute Gasteiger partial charge is 0.462 e. The molecule has 392 valence electrons. The molecule has 0 aliphatic carbocycles. The number of methoxy groups -OCH3 is 2. The van der Waals surface area contributed by atoms with Crippen molar-refractivity contribution in [2.75, 3.05) is 34.9 Å². The number of ketones is 1. The number of carbonyl (C=O) groups excluding carboxylic acids is 3. The number of ether oxygens (including phenoxy) is 9. The van der Waals surface area contributed by atoms with Crippen LogP contribution in [0.25, 0.3) is 0 Å². The molecular weight excluding hydrogens is 900 g/mol. The van der Waals surface area contributed by atoms with Gasteiger partial charge in [-0.3, -0.25) is 9.59 Å². The van der Waals surface area contributed by atoms with Crippen LogP contribution in [0.4, 0.5) is 0 Å². The molecule has 4 heterocycles. The van der Waals surface area contributed by atoms with Gasteiger partial charge in [0.15, 0.2) is 24.7 Å². The molecule has 0 bridgehead atoms. The first-order valence-corrected chi connectivity index (χ1v) is 23.2. The Bertz CT molecular complexity index is 1660. The summed E-state index contributed by atoms with van der Waals surface area (Å²) >= 11 is 0. The minimum absolute atomic E-state index is 0.00788. The highest BCUT2D eigenvalue weighted by Gasteiger charge is 2.52. The molecule has 0 amide bonds. The average molecular weight is 979 g/mol. The van der Waals surface area contributed by atoms with Crippen LogP contribution >= 0.6 is 0 Å². The van der Waals surface area contributed by atoms with Gasteiger partial charge in [0.1, 0.15) is 49.0 Å². The molecule has 68 heavy (non-hydrogen) atoms. The maximum atomic E-state index is 13.8. The van der Waals surface area contributed by atoms with Crippen LogP contribution in [0, 0.1) is 33.8 Å². The summed E-state index contributed by atoms with van der Waals surface area (Å²) in [7, 11) is 6.43. The fraction of sp³-hybridized carbons (Fsp3) is 0.848. The Morgan fingerprint density at radius 3 is 2.07 bits per heavy atom. The first-order valence-electron chi connectivity index (χ1n) is 23.2. The van der Waals surface area contributed by atoms with Crippen molar-refractivity contribution in [3.05, 3.63) is 33.9 Å². The predicted octanol–water partition coefficient (Wildman–Crippen LogP) is 1.49. The van der Waals surface area contributed by atoms with Crippen molar-refractivity contribution < 1.29 is 92.8 Å². The Morgan fingerprint density at radius 1 is 0.897 bits per heavy atom. The summed E-state index contributed by atoms with van der Waals surface area (Å²) in [6.07, 6.45) is -8.49. The normalized spacial score (nSPS) is 43.6. The molecule has 22 heteroatoms. The molecule has 0 aromatic carbocycles. The van der Waals surface area contributed by atoms with Crippen molar-refractivity contribution in [2.45, 2.75) is 191 Å². The van der Waals surface area contributed by atoms with Gasteiger partial charge in [-0.25, -0.2) is 0 Å². The van der Waals surface area contributed by atoms with Crippen LogP contribution in [-0.4, -0.2) is 197 Å². The topological polar surface area (TPSA) is 302 Å². The van der Waals surface area contributed by atoms with Crippen LogP contribution < -0.4 is 0 Å². The summed E-state index contributed by atoms with van der Waals surface area (Å²) in [6.45, 7) is 13.6. The van der Waals surface area contributed by atoms with Gasteiger partial charge in [-0.15, -0.1) is 10.1 Å². The zero-order valence-electron chi connectivity index (χ0n) is 41.4. The maximum Gasteiger partial charge on any atom is 0.308 e. The number of likely N-dealkylation sites (N-methyl/N-ethyl adjacent to an activating group) is 1. The number of aliphatic hydroxyl groups is 5. The van der Waals surface area contributed by atoms with Gasteiger partial charge in [0.2, 0.25) is 0 Å². The van der Waals surface area contributed by atoms with E-state index in [1.807, 2.05) is 19.9 Å². The number of nitrogens with zero attached hydrogens (tertiary/aromatic N) is 2. The molecule has 0 aromatic heterocycles. The molecule has 4 aliphatic rings. The van der Waals surface area contributed by atoms with Crippen molar-refractivity contribution in [1.29, 1.82) is 0 Å². The molecule has 4 aliphatic heterocycles. The number of allylic oxidation sites excluding steroid dienone is 3. The van der Waals surface area contributed by atoms with Crippen LogP contribution in [0.1, 0.15) is 87.5 Å². The molecule has 3 fully saturated rings. The number of rotatable bonds is 13. The molecule has 1 unspecified atom stereocenters. The van der Waals surface area contributed by atoms with E-state index in [0.29, 0.717) is 12.0 Å². The second kappa shape index (κ2) is 26.9. The summed E-state index contributed by atoms with van der Waals surface area (Å²) in [4.78, 5) is 49.9. The summed E-state index contributed by atoms with van der Waals surface area (Å²) in [5.74, 6) is -3.59. The SMILES string of the molecule is CC[C@H]1OC(=O)C[C@@H](O)[C@H](C)[C@@H](O[C@@H]2O[C@H](C)[C@@H](O[C@H]3C[C@@](C)(O)[C@@H](O)[C@H](C)O3)[C@H](N(C)C)[C@H]2O)[C@@H](CC=O)C[C@@H](C)C(=O)/C=C/C(C)=C/C1CO[C@@H]1O[C@H](C)[C@@H](O)[C@@H](OC)[C@H]1OC.O=[N+]([O-])O. The Labute approximate surface area is 398 Å². The summed E-state index contributed by atoms with van der Waals surface area (Å²) in [5, 5.41) is 69.4. The Hall–Kier alpha value is -3.07. The predicted molar refractivity (Wildman–Crippen MR) is 239 cm³/mol. The highest BCUT2D eigenvalue weighted by Crippen LogP contribution is 2.37. The third-order valence-corrected chi connectivity index (χ3v) is 13.4. The first kappa shape index (κ1) is 59.2. The van der Waals surface area contributed by atoms with Gasteiger partial charge in [-0.1, -0.05) is 38.5 Å². The van der Waals surface area contributed by atoms with E-state index in [-0.39, 0.29) is 31.7 Å². The van der Waals surface area contributed by atoms with E-state index in [0.717, 1.165) is 6.29 Å². The second-order valence-corrected chi connectivity index (χ2v) is 19.0. The molecule has 21 atom stereocenters. The lowest BCUT2D eigenvalue weighted by atomic mass is 9.79. The Morgan fingerprint density at radius 2 is 1.51 bits per heavy atom. The van der Waals surface area contributed by atoms with Gasteiger partial charge >= 0.3 is 5.97 Å². The lowest BCUT2D eigenvalue weighted by Crippen LogP contribution is -2.65. The van der Waals surface area contributed by atoms with Crippen molar-refractivity contribution >= 4 is 18.0 Å². The molecule has 0 aromatic rings. The van der Waals surface area contributed by atoms with E-state index >= 15 is 0 Å². The first-order chi connectivity index (χ1) is 31.8. The number of hydrogen-bond acceptors (Lipinski definition) is 20. The van der Waals surface area contributed by atoms with E-state index < -0.39 is 145 Å². The minimum Gasteiger partial charge on any atom is -0.462 e. The number of cyclic esters (lactones) is 1. The fourth-order valence-corrected chi connectivity index (χ4v) is 9.51. The van der Waals surface area contributed by atoms with Crippen molar-refractivity contribution in [3.63, 3.8) is 0 Å². The Balaban J connectivity index is 0.00000294. The van der Waals surface area contributed by atoms with Gasteiger partial charge in [0.05, 0.1) is 55.2 Å². The van der Waals surface area contributed by atoms with Gasteiger partial charge in [-0.05, 0) is 73.5 Å². The number of hydrogen-bond donors (Lipinski definition) is 6. The van der Waals surface area contributed by atoms with Crippen LogP contribution in [0.3, 0.4) is 0 Å². The van der Waals surface area contributed by atoms with Crippen molar-refractivity contribution in [2.24, 2.45) is 23.7 Å². The highest BCUT2D eigenvalue weighted by atomic mass is 16.9. The lowest BCUT2D eigenvalue weighted by molar-refractivity contribution is -0.742. The lowest BCUT2D eigenvalue weighted by Gasteiger charge is -2.50. The molecule has 3 saturated heterocycles. The van der Waals surface area contributed by atoms with E-state index in [4.69, 9.17) is 58.0 Å². The monoisotopic (exact) mass is 979 g/mol. The zero-order valence-corrected chi connectivity index (χ0v) is 41.4. The second-order valence-electron chi connectivity index (χ2n) is 19.0. The summed E-state index contributed by atoms with van der Waals surface area (Å²) in [6, 6.07) is -0.748. The molecule has 4 rings (SSSR count). The Kier molecular flexibility index (Phi) is 23.5. The third-order valence-electron chi connectivity index (χ3n) is 13.4. The minimum atomic E-state index is -1.50. The quantitative estimate of drug-likeness (QED) is 0.0659. The third kappa shape index (κ3) is 16.0. The zero-order chi connectivity index (χ0) is 51.4. The van der Waals surface area contributed by atoms with E-state index in [9.17, 15) is 39.9 Å². The highest BCUT2D eigenvalue weighted by molar-refractivity contribution is 5.91. The van der Waals surface area contributed by atoms with Gasteiger partial charge in [0.25, 0.3) is 5.09 Å². The average Bonchev–Trinajstić information content (AvgIpc) is 3.25. The van der Waals surface area contributed by atoms with Gasteiger partial charge in [-0.2, -0.15) is 0 Å². The van der Waals surface area contributed by atoms with Crippen LogP contribution in [0.2, 0.25) is 0 Å². The van der Waals surface area contributed by atoms with Crippen LogP contribution in [0.5, 0.6) is 0 Å². The summed E-state index contributed by atoms with van der Waals surface area (Å²) < 4.78 is 54.7. The molecule has 0 saturated carbocycles. The molecular formula is C46H78N2O20. The van der Waals surface area contributed by atoms with E-state index in [1.54, 1.807) is 59.7 Å². The standard InChI is InChI=1S/C46H77NO17.HNO3/c1-13-33-30(22-58-45-42(57-12)41(56-11)37(52)26(5)60-45)18-23(2)14-15-31(49)24(3)19-29(16-17-48)39(25(4)32(50)20-34(51)62-33)64-44-38(53)36(47(9)10)40(27(6)61-44)63-35-21-46(8,55)43(54)28(7)59-35;2-1(3)4/h14-15,17-18,24-30,32-33,35-45,50,52-55H,13,16,19-22H2,1-12H3;(H,2,3,4)/b15-14+,23-18+;/t24-,25+,26-,27-,28+,29+,30?,32-,33-,35+,36-,37-,38-,39-,40-,41-,42-,43+,44+,45-,46-;/m1./s1. The number of esters is 1. The van der Waals surface area contributed by atoms with Gasteiger partial charge < -0.3 is 83.1 Å². The van der Waals surface area contributed by atoms with Crippen molar-refractivity contribution in [1.82, 2.24) is 4.90 Å². The molecule has 0 radical (unpaired) electrons. The fourth-order valence-electron chi connectivity index (χ4n) is 9.51. The van der Waals surface area contributed by atoms with E-state index in [2.05, 4.69) is 0 Å². The number of carbonyl (C=O) groups is 3. The molecule has 6 N–H and O–H groups in total. The molecule has 0 spiro atoms. The van der Waals surface area contributed by atoms with Crippen LogP contribution in [-0.2, 0) is 57.0 Å². The smallest absolute Gasteiger partial charge is 0.308 e. The summed E-state index contributed by atoms with van der Waals surface area (Å²) in [5.41, 5.74) is -0.806. The van der Waals surface area contributed by atoms with E-state index in [1.165, 1.54) is 27.2 Å². The van der Waals surface area contributed by atoms with Gasteiger partial charge in [0, 0.05) is 44.8 Å². The number of aliphatic hydroxyl groups excluding tert-OH is 4.